The summed E-state index contributed by atoms with van der Waals surface area (Å²) >= 11 is 0. The number of hydrogen-bond donors (Lipinski definition) is 1. The summed E-state index contributed by atoms with van der Waals surface area (Å²) in [5, 5.41) is 10.8. The second kappa shape index (κ2) is 4.97. The molecule has 0 radical (unpaired) electrons. The van der Waals surface area contributed by atoms with Crippen molar-refractivity contribution in [3.63, 3.8) is 0 Å². The molecule has 0 saturated carbocycles. The summed E-state index contributed by atoms with van der Waals surface area (Å²) in [6.07, 6.45) is 1.83. The Hall–Kier alpha value is -2.95. The van der Waals surface area contributed by atoms with E-state index in [-0.39, 0.29) is 5.69 Å². The molecule has 5 nitrogen and oxygen atoms in total. The minimum atomic E-state index is -0.404. The number of nitro groups is 1. The Morgan fingerprint density at radius 2 is 1.80 bits per heavy atom. The van der Waals surface area contributed by atoms with Gasteiger partial charge >= 0.3 is 0 Å². The van der Waals surface area contributed by atoms with Crippen molar-refractivity contribution in [1.82, 2.24) is 9.97 Å². The van der Waals surface area contributed by atoms with Crippen molar-refractivity contribution in [3.8, 4) is 22.6 Å². The van der Waals surface area contributed by atoms with Crippen molar-refractivity contribution < 1.29 is 4.92 Å². The summed E-state index contributed by atoms with van der Waals surface area (Å²) in [6, 6.07) is 15.9. The van der Waals surface area contributed by atoms with E-state index in [1.807, 2.05) is 42.6 Å². The zero-order valence-electron chi connectivity index (χ0n) is 10.5. The predicted molar refractivity (Wildman–Crippen MR) is 76.1 cm³/mol. The molecule has 0 amide bonds. The van der Waals surface area contributed by atoms with Gasteiger partial charge in [0, 0.05) is 23.9 Å². The van der Waals surface area contributed by atoms with Crippen LogP contribution < -0.4 is 0 Å². The van der Waals surface area contributed by atoms with E-state index < -0.39 is 4.92 Å². The summed E-state index contributed by atoms with van der Waals surface area (Å²) in [6.45, 7) is 0. The van der Waals surface area contributed by atoms with Crippen LogP contribution in [0.1, 0.15) is 0 Å². The van der Waals surface area contributed by atoms with E-state index >= 15 is 0 Å². The second-order valence-electron chi connectivity index (χ2n) is 4.30. The van der Waals surface area contributed by atoms with Gasteiger partial charge in [-0.1, -0.05) is 18.2 Å². The van der Waals surface area contributed by atoms with Gasteiger partial charge in [-0.05, 0) is 24.3 Å². The fourth-order valence-corrected chi connectivity index (χ4v) is 2.01. The number of H-pyrrole nitrogens is 1. The van der Waals surface area contributed by atoms with E-state index in [1.54, 1.807) is 6.07 Å². The molecule has 0 aliphatic heterocycles. The Labute approximate surface area is 115 Å². The van der Waals surface area contributed by atoms with Gasteiger partial charge in [-0.25, -0.2) is 4.98 Å². The minimum absolute atomic E-state index is 0.0644. The van der Waals surface area contributed by atoms with E-state index in [0.29, 0.717) is 5.69 Å². The van der Waals surface area contributed by atoms with Crippen molar-refractivity contribution in [3.05, 3.63) is 70.9 Å². The van der Waals surface area contributed by atoms with Crippen molar-refractivity contribution in [2.24, 2.45) is 0 Å². The highest BCUT2D eigenvalue weighted by atomic mass is 16.6. The normalized spacial score (nSPS) is 10.4. The van der Waals surface area contributed by atoms with Gasteiger partial charge in [-0.3, -0.25) is 10.1 Å². The minimum Gasteiger partial charge on any atom is -0.360 e. The van der Waals surface area contributed by atoms with Gasteiger partial charge in [0.25, 0.3) is 5.69 Å². The summed E-state index contributed by atoms with van der Waals surface area (Å²) in [5.41, 5.74) is 3.22. The Morgan fingerprint density at radius 1 is 1.00 bits per heavy atom. The molecule has 0 fully saturated rings. The highest BCUT2D eigenvalue weighted by Crippen LogP contribution is 2.24. The number of pyridine rings is 1. The third-order valence-corrected chi connectivity index (χ3v) is 2.98. The first-order valence-corrected chi connectivity index (χ1v) is 6.10. The van der Waals surface area contributed by atoms with Crippen LogP contribution in [-0.4, -0.2) is 14.9 Å². The molecule has 0 spiro atoms. The topological polar surface area (TPSA) is 71.8 Å². The van der Waals surface area contributed by atoms with E-state index in [4.69, 9.17) is 0 Å². The molecule has 0 aliphatic rings. The number of non-ortho nitro benzene ring substituents is 1. The summed E-state index contributed by atoms with van der Waals surface area (Å²) in [7, 11) is 0. The zero-order chi connectivity index (χ0) is 13.9. The van der Waals surface area contributed by atoms with Crippen LogP contribution in [0.2, 0.25) is 0 Å². The van der Waals surface area contributed by atoms with E-state index in [0.717, 1.165) is 17.0 Å². The molecule has 0 saturated heterocycles. The number of benzene rings is 1. The van der Waals surface area contributed by atoms with Crippen molar-refractivity contribution in [2.75, 3.05) is 0 Å². The van der Waals surface area contributed by atoms with Crippen LogP contribution in [0.3, 0.4) is 0 Å². The lowest BCUT2D eigenvalue weighted by atomic mass is 10.1. The second-order valence-corrected chi connectivity index (χ2v) is 4.30. The van der Waals surface area contributed by atoms with Gasteiger partial charge in [-0.2, -0.15) is 0 Å². The Balaban J connectivity index is 2.04. The molecule has 20 heavy (non-hydrogen) atoms. The first-order chi connectivity index (χ1) is 9.74. The predicted octanol–water partition coefficient (Wildman–Crippen LogP) is 3.65. The van der Waals surface area contributed by atoms with Crippen LogP contribution in [0.15, 0.2) is 60.8 Å². The fourth-order valence-electron chi connectivity index (χ4n) is 2.01. The number of aromatic nitrogens is 2. The standard InChI is InChI=1S/C15H11N3O2/c19-18(20)12-5-1-4-11(10-12)13-6-2-7-15(17-13)14-8-3-9-16-14/h1-10,16H. The van der Waals surface area contributed by atoms with Crippen LogP contribution >= 0.6 is 0 Å². The number of rotatable bonds is 3. The summed E-state index contributed by atoms with van der Waals surface area (Å²) < 4.78 is 0. The van der Waals surface area contributed by atoms with Crippen molar-refractivity contribution in [1.29, 1.82) is 0 Å². The van der Waals surface area contributed by atoms with Crippen LogP contribution in [0.25, 0.3) is 22.6 Å². The Morgan fingerprint density at radius 3 is 2.55 bits per heavy atom. The van der Waals surface area contributed by atoms with Crippen LogP contribution in [0.5, 0.6) is 0 Å². The summed E-state index contributed by atoms with van der Waals surface area (Å²) in [5.74, 6) is 0. The fraction of sp³-hybridized carbons (Fsp3) is 0. The zero-order valence-corrected chi connectivity index (χ0v) is 10.5. The molecule has 98 valence electrons. The Kier molecular flexibility index (Phi) is 3.01. The largest absolute Gasteiger partial charge is 0.360 e. The van der Waals surface area contributed by atoms with Gasteiger partial charge in [0.2, 0.25) is 0 Å². The molecule has 1 N–H and O–H groups in total. The lowest BCUT2D eigenvalue weighted by Crippen LogP contribution is -1.90. The maximum absolute atomic E-state index is 10.8. The van der Waals surface area contributed by atoms with Crippen molar-refractivity contribution in [2.45, 2.75) is 0 Å². The van der Waals surface area contributed by atoms with Gasteiger partial charge < -0.3 is 4.98 Å². The van der Waals surface area contributed by atoms with Crippen LogP contribution in [0.4, 0.5) is 5.69 Å². The van der Waals surface area contributed by atoms with Gasteiger partial charge in [0.15, 0.2) is 0 Å². The van der Waals surface area contributed by atoms with Gasteiger partial charge in [-0.15, -0.1) is 0 Å². The molecule has 0 unspecified atom stereocenters. The first kappa shape index (κ1) is 12.1. The molecule has 2 aromatic heterocycles. The lowest BCUT2D eigenvalue weighted by Gasteiger charge is -2.03. The Bertz CT molecular complexity index is 751. The molecule has 0 bridgehead atoms. The molecule has 0 atom stereocenters. The number of nitrogens with zero attached hydrogens (tertiary/aromatic N) is 2. The number of nitrogens with one attached hydrogen (secondary N) is 1. The molecule has 2 heterocycles. The monoisotopic (exact) mass is 265 g/mol. The molecule has 1 aromatic carbocycles. The highest BCUT2D eigenvalue weighted by molar-refractivity contribution is 5.66. The third kappa shape index (κ3) is 2.29. The molecule has 0 aliphatic carbocycles. The van der Waals surface area contributed by atoms with Crippen molar-refractivity contribution >= 4 is 5.69 Å². The average Bonchev–Trinajstić information content (AvgIpc) is 3.02. The van der Waals surface area contributed by atoms with Crippen LogP contribution in [0, 0.1) is 10.1 Å². The number of nitro benzene ring substituents is 1. The maximum Gasteiger partial charge on any atom is 0.270 e. The first-order valence-electron chi connectivity index (χ1n) is 6.10. The molecular formula is C15H11N3O2. The SMILES string of the molecule is O=[N+]([O-])c1cccc(-c2cccc(-c3ccc[nH]3)n2)c1. The van der Waals surface area contributed by atoms with Gasteiger partial charge in [0.1, 0.15) is 0 Å². The van der Waals surface area contributed by atoms with E-state index in [9.17, 15) is 10.1 Å². The van der Waals surface area contributed by atoms with E-state index in [1.165, 1.54) is 12.1 Å². The quantitative estimate of drug-likeness (QED) is 0.580. The van der Waals surface area contributed by atoms with E-state index in [2.05, 4.69) is 9.97 Å². The molecular weight excluding hydrogens is 254 g/mol. The highest BCUT2D eigenvalue weighted by Gasteiger charge is 2.09. The van der Waals surface area contributed by atoms with Crippen LogP contribution in [-0.2, 0) is 0 Å². The molecule has 3 aromatic rings. The summed E-state index contributed by atoms with van der Waals surface area (Å²) in [4.78, 5) is 18.0. The van der Waals surface area contributed by atoms with Gasteiger partial charge in [0.05, 0.1) is 22.0 Å². The number of aromatic amines is 1. The molecule has 3 rings (SSSR count). The maximum atomic E-state index is 10.8. The average molecular weight is 265 g/mol. The third-order valence-electron chi connectivity index (χ3n) is 2.98. The lowest BCUT2D eigenvalue weighted by molar-refractivity contribution is -0.384. The number of hydrogen-bond acceptors (Lipinski definition) is 3. The molecule has 5 heteroatoms. The smallest absolute Gasteiger partial charge is 0.270 e.